The number of hydrogen-bond donors (Lipinski definition) is 2. The summed E-state index contributed by atoms with van der Waals surface area (Å²) in [5.74, 6) is 0.805. The number of aromatic amines is 1. The molecule has 2 fully saturated rings. The third-order valence-corrected chi connectivity index (χ3v) is 8.14. The number of nitrogens with one attached hydrogen (secondary N) is 2. The fourth-order valence-electron chi connectivity index (χ4n) is 6.12. The number of nitrogens with zero attached hydrogens (tertiary/aromatic N) is 3. The standard InChI is InChI=1S/C30H35N5O/c1-20-29-14-22(8-11-30(29)34-33-20)23-13-28(18-31-17-23)36-19-25(12-21-6-4-3-5-7-21)32-24-15-26-9-10-27(16-24)35(26)2/h3-8,11,13-14,17-18,24-27,32H,9-10,12,15-16,19H2,1-2H3,(H,33,34)/t25-,26+,27+/m1/s1. The van der Waals surface area contributed by atoms with Crippen molar-refractivity contribution >= 4 is 10.9 Å². The molecule has 2 aromatic heterocycles. The first-order valence-electron chi connectivity index (χ1n) is 13.2. The summed E-state index contributed by atoms with van der Waals surface area (Å²) in [5, 5.41) is 12.5. The highest BCUT2D eigenvalue weighted by Gasteiger charge is 2.38. The third-order valence-electron chi connectivity index (χ3n) is 8.14. The summed E-state index contributed by atoms with van der Waals surface area (Å²) in [6.07, 6.45) is 9.80. The number of aromatic nitrogens is 3. The molecule has 0 saturated carbocycles. The van der Waals surface area contributed by atoms with Gasteiger partial charge in [-0.25, -0.2) is 0 Å². The van der Waals surface area contributed by atoms with Gasteiger partial charge in [-0.3, -0.25) is 10.1 Å². The van der Waals surface area contributed by atoms with E-state index < -0.39 is 0 Å². The summed E-state index contributed by atoms with van der Waals surface area (Å²) in [7, 11) is 2.30. The molecule has 6 heteroatoms. The quantitative estimate of drug-likeness (QED) is 0.365. The second-order valence-corrected chi connectivity index (χ2v) is 10.6. The molecule has 0 aliphatic carbocycles. The summed E-state index contributed by atoms with van der Waals surface area (Å²) in [6, 6.07) is 21.4. The largest absolute Gasteiger partial charge is 0.490 e. The minimum Gasteiger partial charge on any atom is -0.490 e. The van der Waals surface area contributed by atoms with Crippen LogP contribution in [0.4, 0.5) is 0 Å². The van der Waals surface area contributed by atoms with Gasteiger partial charge in [-0.1, -0.05) is 36.4 Å². The second kappa shape index (κ2) is 10.0. The lowest BCUT2D eigenvalue weighted by Gasteiger charge is -2.38. The zero-order chi connectivity index (χ0) is 24.5. The average Bonchev–Trinajstić information content (AvgIpc) is 3.36. The van der Waals surface area contributed by atoms with Gasteiger partial charge in [0.05, 0.1) is 11.7 Å². The van der Waals surface area contributed by atoms with Gasteiger partial charge in [0.15, 0.2) is 0 Å². The Labute approximate surface area is 213 Å². The van der Waals surface area contributed by atoms with Crippen LogP contribution in [-0.4, -0.2) is 57.9 Å². The summed E-state index contributed by atoms with van der Waals surface area (Å²) in [5.41, 5.74) is 5.56. The summed E-state index contributed by atoms with van der Waals surface area (Å²) in [6.45, 7) is 2.66. The molecule has 6 rings (SSSR count). The van der Waals surface area contributed by atoms with Crippen LogP contribution in [0.5, 0.6) is 5.75 Å². The molecule has 2 bridgehead atoms. The van der Waals surface area contributed by atoms with Crippen LogP contribution in [0.15, 0.2) is 67.0 Å². The zero-order valence-corrected chi connectivity index (χ0v) is 21.2. The van der Waals surface area contributed by atoms with Gasteiger partial charge in [-0.05, 0) is 75.4 Å². The number of fused-ring (bicyclic) bond motifs is 3. The molecule has 2 aliphatic heterocycles. The molecule has 3 atom stereocenters. The Kier molecular flexibility index (Phi) is 6.46. The van der Waals surface area contributed by atoms with E-state index in [1.807, 2.05) is 19.3 Å². The first-order chi connectivity index (χ1) is 17.6. The van der Waals surface area contributed by atoms with Crippen LogP contribution in [-0.2, 0) is 6.42 Å². The van der Waals surface area contributed by atoms with Crippen LogP contribution in [0.25, 0.3) is 22.0 Å². The number of ether oxygens (including phenoxy) is 1. The molecule has 36 heavy (non-hydrogen) atoms. The minimum absolute atomic E-state index is 0.244. The maximum Gasteiger partial charge on any atom is 0.138 e. The van der Waals surface area contributed by atoms with Gasteiger partial charge >= 0.3 is 0 Å². The van der Waals surface area contributed by atoms with Crippen LogP contribution in [0.3, 0.4) is 0 Å². The lowest BCUT2D eigenvalue weighted by Crippen LogP contribution is -2.51. The van der Waals surface area contributed by atoms with E-state index in [2.05, 4.69) is 87.0 Å². The minimum atomic E-state index is 0.244. The highest BCUT2D eigenvalue weighted by Crippen LogP contribution is 2.34. The van der Waals surface area contributed by atoms with E-state index in [9.17, 15) is 0 Å². The van der Waals surface area contributed by atoms with Gasteiger partial charge in [0.2, 0.25) is 0 Å². The van der Waals surface area contributed by atoms with Crippen molar-refractivity contribution in [3.8, 4) is 16.9 Å². The van der Waals surface area contributed by atoms with Gasteiger partial charge in [0.25, 0.3) is 0 Å². The van der Waals surface area contributed by atoms with Crippen molar-refractivity contribution in [3.05, 3.63) is 78.2 Å². The van der Waals surface area contributed by atoms with E-state index in [-0.39, 0.29) is 6.04 Å². The maximum atomic E-state index is 6.38. The van der Waals surface area contributed by atoms with E-state index in [4.69, 9.17) is 4.74 Å². The Balaban J connectivity index is 1.17. The van der Waals surface area contributed by atoms with E-state index in [0.717, 1.165) is 52.0 Å². The van der Waals surface area contributed by atoms with E-state index in [1.165, 1.54) is 31.2 Å². The van der Waals surface area contributed by atoms with Crippen molar-refractivity contribution in [3.63, 3.8) is 0 Å². The maximum absolute atomic E-state index is 6.38. The smallest absolute Gasteiger partial charge is 0.138 e. The number of hydrogen-bond acceptors (Lipinski definition) is 5. The molecule has 186 valence electrons. The lowest BCUT2D eigenvalue weighted by molar-refractivity contribution is 0.135. The van der Waals surface area contributed by atoms with Crippen LogP contribution >= 0.6 is 0 Å². The molecule has 0 unspecified atom stereocenters. The second-order valence-electron chi connectivity index (χ2n) is 10.6. The molecule has 2 aliphatic rings. The van der Waals surface area contributed by atoms with Gasteiger partial charge in [-0.2, -0.15) is 5.10 Å². The van der Waals surface area contributed by atoms with E-state index in [1.54, 1.807) is 0 Å². The fourth-order valence-corrected chi connectivity index (χ4v) is 6.12. The molecule has 4 aromatic rings. The van der Waals surface area contributed by atoms with E-state index >= 15 is 0 Å². The molecule has 0 spiro atoms. The van der Waals surface area contributed by atoms with Crippen molar-refractivity contribution in [2.75, 3.05) is 13.7 Å². The molecular weight excluding hydrogens is 446 g/mol. The van der Waals surface area contributed by atoms with Gasteiger partial charge in [-0.15, -0.1) is 0 Å². The number of piperidine rings is 1. The highest BCUT2D eigenvalue weighted by molar-refractivity contribution is 5.86. The molecule has 2 N–H and O–H groups in total. The fraction of sp³-hybridized carbons (Fsp3) is 0.400. The van der Waals surface area contributed by atoms with Crippen molar-refractivity contribution in [2.45, 2.75) is 63.2 Å². The van der Waals surface area contributed by atoms with Crippen LogP contribution in [0.2, 0.25) is 0 Å². The predicted octanol–water partition coefficient (Wildman–Crippen LogP) is 5.14. The average molecular weight is 482 g/mol. The number of benzene rings is 2. The highest BCUT2D eigenvalue weighted by atomic mass is 16.5. The summed E-state index contributed by atoms with van der Waals surface area (Å²) in [4.78, 5) is 7.09. The van der Waals surface area contributed by atoms with Crippen molar-refractivity contribution in [2.24, 2.45) is 0 Å². The number of H-pyrrole nitrogens is 1. The molecule has 0 amide bonds. The Morgan fingerprint density at radius 2 is 1.83 bits per heavy atom. The number of aryl methyl sites for hydroxylation is 1. The zero-order valence-electron chi connectivity index (χ0n) is 21.2. The summed E-state index contributed by atoms with van der Waals surface area (Å²) >= 11 is 0. The SMILES string of the molecule is Cc1[nH]nc2ccc(-c3cncc(OC[C@@H](Cc4ccccc4)NC4C[C@@H]5CC[C@@H](C4)N5C)c3)cc12. The first-order valence-corrected chi connectivity index (χ1v) is 13.2. The predicted molar refractivity (Wildman–Crippen MR) is 144 cm³/mol. The normalized spacial score (nSPS) is 22.7. The third kappa shape index (κ3) is 4.88. The number of rotatable bonds is 8. The first kappa shape index (κ1) is 23.2. The molecule has 0 radical (unpaired) electrons. The lowest BCUT2D eigenvalue weighted by atomic mass is 9.96. The van der Waals surface area contributed by atoms with Crippen LogP contribution in [0, 0.1) is 6.92 Å². The number of pyridine rings is 1. The van der Waals surface area contributed by atoms with Crippen molar-refractivity contribution < 1.29 is 4.74 Å². The van der Waals surface area contributed by atoms with Crippen molar-refractivity contribution in [1.29, 1.82) is 0 Å². The van der Waals surface area contributed by atoms with Crippen LogP contribution in [0.1, 0.15) is 36.9 Å². The molecule has 4 heterocycles. The Morgan fingerprint density at radius 3 is 2.64 bits per heavy atom. The van der Waals surface area contributed by atoms with Gasteiger partial charge in [0.1, 0.15) is 12.4 Å². The molecule has 2 aromatic carbocycles. The monoisotopic (exact) mass is 481 g/mol. The van der Waals surface area contributed by atoms with Crippen LogP contribution < -0.4 is 10.1 Å². The topological polar surface area (TPSA) is 66.1 Å². The van der Waals surface area contributed by atoms with E-state index in [0.29, 0.717) is 12.6 Å². The Bertz CT molecular complexity index is 1310. The Hall–Kier alpha value is -3.22. The Morgan fingerprint density at radius 1 is 1.03 bits per heavy atom. The molecular formula is C30H35N5O. The summed E-state index contributed by atoms with van der Waals surface area (Å²) < 4.78 is 6.38. The molecule has 2 saturated heterocycles. The van der Waals surface area contributed by atoms with Gasteiger partial charge in [0, 0.05) is 47.0 Å². The van der Waals surface area contributed by atoms with Gasteiger partial charge < -0.3 is 15.0 Å². The van der Waals surface area contributed by atoms with Crippen molar-refractivity contribution in [1.82, 2.24) is 25.4 Å². The molecule has 6 nitrogen and oxygen atoms in total.